The number of carbonyl (C=O) groups is 1. The molecule has 0 radical (unpaired) electrons. The predicted octanol–water partition coefficient (Wildman–Crippen LogP) is 1.69. The fourth-order valence-electron chi connectivity index (χ4n) is 2.36. The van der Waals surface area contributed by atoms with Crippen molar-refractivity contribution < 1.29 is 23.1 Å². The number of hydrogen-bond donors (Lipinski definition) is 1. The molecule has 2 rings (SSSR count). The van der Waals surface area contributed by atoms with Crippen molar-refractivity contribution in [3.63, 3.8) is 0 Å². The molecule has 7 nitrogen and oxygen atoms in total. The van der Waals surface area contributed by atoms with Crippen LogP contribution in [-0.4, -0.2) is 33.9 Å². The first-order valence-corrected chi connectivity index (χ1v) is 8.41. The van der Waals surface area contributed by atoms with E-state index in [1.807, 2.05) is 30.3 Å². The van der Waals surface area contributed by atoms with Crippen molar-refractivity contribution in [2.75, 3.05) is 0 Å². The van der Waals surface area contributed by atoms with Crippen molar-refractivity contribution in [3.8, 4) is 0 Å². The summed E-state index contributed by atoms with van der Waals surface area (Å²) in [5, 5.41) is 9.45. The van der Waals surface area contributed by atoms with Crippen LogP contribution in [0.15, 0.2) is 42.9 Å². The third-order valence-electron chi connectivity index (χ3n) is 3.51. The number of carboxylic acid groups (broad SMARTS) is 1. The largest absolute Gasteiger partial charge is 0.480 e. The monoisotopic (exact) mass is 350 g/mol. The molecule has 0 spiro atoms. The van der Waals surface area contributed by atoms with Crippen LogP contribution in [0.5, 0.6) is 0 Å². The van der Waals surface area contributed by atoms with Crippen molar-refractivity contribution in [1.29, 1.82) is 0 Å². The van der Waals surface area contributed by atoms with Gasteiger partial charge in [-0.05, 0) is 12.0 Å². The smallest absolute Gasteiger partial charge is 0.317 e. The highest BCUT2D eigenvalue weighted by atomic mass is 32.2. The molecule has 1 atom stereocenters. The van der Waals surface area contributed by atoms with Crippen LogP contribution in [0.25, 0.3) is 0 Å². The minimum atomic E-state index is -2.58. The van der Waals surface area contributed by atoms with E-state index >= 15 is 0 Å². The number of hydrogen-bond acceptors (Lipinski definition) is 5. The van der Waals surface area contributed by atoms with Crippen molar-refractivity contribution in [1.82, 2.24) is 9.55 Å². The van der Waals surface area contributed by atoms with Crippen LogP contribution < -0.4 is 0 Å². The number of benzene rings is 1. The molecule has 1 N–H and O–H groups in total. The molecule has 0 fully saturated rings. The summed E-state index contributed by atoms with van der Waals surface area (Å²) in [4.78, 5) is 15.4. The van der Waals surface area contributed by atoms with Crippen molar-refractivity contribution in [2.45, 2.75) is 32.6 Å². The predicted molar refractivity (Wildman–Crippen MR) is 88.1 cm³/mol. The number of aromatic nitrogens is 2. The Balaban J connectivity index is 2.18. The molecular formula is C16H18N2O5S. The highest BCUT2D eigenvalue weighted by Gasteiger charge is 2.29. The zero-order valence-electron chi connectivity index (χ0n) is 13.1. The fourth-order valence-corrected chi connectivity index (χ4v) is 3.01. The molecule has 0 aliphatic rings. The lowest BCUT2D eigenvalue weighted by atomic mass is 10.0. The second-order valence-corrected chi connectivity index (χ2v) is 6.07. The molecule has 0 amide bonds. The van der Waals surface area contributed by atoms with Crippen LogP contribution in [0.1, 0.15) is 30.5 Å². The van der Waals surface area contributed by atoms with E-state index < -0.39 is 22.2 Å². The Labute approximate surface area is 141 Å². The van der Waals surface area contributed by atoms with Gasteiger partial charge in [0.05, 0.1) is 23.5 Å². The van der Waals surface area contributed by atoms with Gasteiger partial charge in [-0.1, -0.05) is 37.3 Å². The van der Waals surface area contributed by atoms with Crippen LogP contribution in [0.3, 0.4) is 0 Å². The van der Waals surface area contributed by atoms with E-state index in [1.54, 1.807) is 6.92 Å². The van der Waals surface area contributed by atoms with Crippen LogP contribution >= 0.6 is 0 Å². The van der Waals surface area contributed by atoms with Crippen molar-refractivity contribution in [3.05, 3.63) is 54.1 Å². The van der Waals surface area contributed by atoms with E-state index in [0.717, 1.165) is 5.56 Å². The zero-order valence-corrected chi connectivity index (χ0v) is 13.9. The van der Waals surface area contributed by atoms with Gasteiger partial charge in [0.15, 0.2) is 0 Å². The molecule has 0 saturated heterocycles. The van der Waals surface area contributed by atoms with Gasteiger partial charge in [-0.2, -0.15) is 8.42 Å². The fraction of sp³-hybridized carbons (Fsp3) is 0.312. The summed E-state index contributed by atoms with van der Waals surface area (Å²) in [7, 11) is -2.58. The van der Waals surface area contributed by atoms with E-state index in [9.17, 15) is 18.3 Å². The summed E-state index contributed by atoms with van der Waals surface area (Å²) in [6.45, 7) is 2.04. The first-order chi connectivity index (χ1) is 11.5. The Hall–Kier alpha value is -2.45. The molecule has 8 heteroatoms. The second kappa shape index (κ2) is 8.42. The summed E-state index contributed by atoms with van der Waals surface area (Å²) in [6.07, 6.45) is 2.90. The van der Waals surface area contributed by atoms with Crippen LogP contribution in [0, 0.1) is 0 Å². The average Bonchev–Trinajstić information content (AvgIpc) is 3.00. The highest BCUT2D eigenvalue weighted by molar-refractivity contribution is 7.73. The number of imidazole rings is 1. The second-order valence-electron chi connectivity index (χ2n) is 5.08. The summed E-state index contributed by atoms with van der Waals surface area (Å²) in [6, 6.07) is 9.53. The lowest BCUT2D eigenvalue weighted by Crippen LogP contribution is -2.25. The lowest BCUT2D eigenvalue weighted by molar-refractivity contribution is -0.137. The molecular weight excluding hydrogens is 332 g/mol. The summed E-state index contributed by atoms with van der Waals surface area (Å²) < 4.78 is 29.7. The van der Waals surface area contributed by atoms with Gasteiger partial charge in [0, 0.05) is 6.20 Å². The maximum absolute atomic E-state index is 11.6. The molecule has 2 aromatic rings. The normalized spacial score (nSPS) is 11.9. The molecule has 1 aromatic carbocycles. The van der Waals surface area contributed by atoms with E-state index in [2.05, 4.69) is 4.98 Å². The Kier molecular flexibility index (Phi) is 6.28. The van der Waals surface area contributed by atoms with Gasteiger partial charge < -0.3 is 14.4 Å². The molecule has 1 unspecified atom stereocenters. The number of rotatable bonds is 8. The maximum atomic E-state index is 11.6. The average molecular weight is 350 g/mol. The van der Waals surface area contributed by atoms with Gasteiger partial charge in [-0.25, -0.2) is 4.98 Å². The maximum Gasteiger partial charge on any atom is 0.317 e. The SMILES string of the molecule is CCC(C(C(=O)O)c1cncn1COCc1ccccc1)=S(=O)=O. The Morgan fingerprint density at radius 3 is 2.62 bits per heavy atom. The number of nitrogens with zero attached hydrogens (tertiary/aromatic N) is 2. The molecule has 1 aromatic heterocycles. The number of ether oxygens (including phenoxy) is 1. The lowest BCUT2D eigenvalue weighted by Gasteiger charge is -2.15. The van der Waals surface area contributed by atoms with Crippen molar-refractivity contribution >= 4 is 21.1 Å². The molecule has 1 heterocycles. The minimum absolute atomic E-state index is 0.0799. The van der Waals surface area contributed by atoms with E-state index in [1.165, 1.54) is 17.1 Å². The first kappa shape index (κ1) is 17.9. The first-order valence-electron chi connectivity index (χ1n) is 7.34. The highest BCUT2D eigenvalue weighted by Crippen LogP contribution is 2.19. The minimum Gasteiger partial charge on any atom is -0.480 e. The van der Waals surface area contributed by atoms with Gasteiger partial charge in [0.1, 0.15) is 12.6 Å². The summed E-state index contributed by atoms with van der Waals surface area (Å²) in [5.41, 5.74) is 1.26. The number of carboxylic acids is 1. The summed E-state index contributed by atoms with van der Waals surface area (Å²) in [5.74, 6) is -2.50. The molecule has 0 bridgehead atoms. The van der Waals surface area contributed by atoms with Crippen LogP contribution in [0.4, 0.5) is 0 Å². The third-order valence-corrected chi connectivity index (χ3v) is 4.47. The van der Waals surface area contributed by atoms with Crippen molar-refractivity contribution in [2.24, 2.45) is 0 Å². The Morgan fingerprint density at radius 2 is 2.04 bits per heavy atom. The Morgan fingerprint density at radius 1 is 1.33 bits per heavy atom. The zero-order chi connectivity index (χ0) is 17.5. The van der Waals surface area contributed by atoms with Gasteiger partial charge in [-0.3, -0.25) is 4.79 Å². The molecule has 128 valence electrons. The van der Waals surface area contributed by atoms with Crippen LogP contribution in [0.2, 0.25) is 0 Å². The van der Waals surface area contributed by atoms with E-state index in [4.69, 9.17) is 4.74 Å². The quantitative estimate of drug-likeness (QED) is 0.728. The number of aliphatic carboxylic acids is 1. The van der Waals surface area contributed by atoms with E-state index in [0.29, 0.717) is 6.61 Å². The Bertz CT molecular complexity index is 819. The summed E-state index contributed by atoms with van der Waals surface area (Å²) >= 11 is 0. The third kappa shape index (κ3) is 4.30. The van der Waals surface area contributed by atoms with Gasteiger partial charge in [-0.15, -0.1) is 0 Å². The van der Waals surface area contributed by atoms with Gasteiger partial charge in [0.2, 0.25) is 10.3 Å². The molecule has 24 heavy (non-hydrogen) atoms. The standard InChI is InChI=1S/C16H18N2O5S/c1-2-14(24(21)22)15(16(19)20)13-8-17-10-18(13)11-23-9-12-6-4-3-5-7-12/h3-8,10,15H,2,9,11H2,1H3,(H,19,20). The molecule has 0 aliphatic heterocycles. The van der Waals surface area contributed by atoms with E-state index in [-0.39, 0.29) is 23.7 Å². The van der Waals surface area contributed by atoms with Crippen LogP contribution in [-0.2, 0) is 33.2 Å². The molecule has 0 saturated carbocycles. The van der Waals surface area contributed by atoms with Gasteiger partial charge >= 0.3 is 5.97 Å². The topological polar surface area (TPSA) is 98.5 Å². The molecule has 0 aliphatic carbocycles. The van der Waals surface area contributed by atoms with Gasteiger partial charge in [0.25, 0.3) is 0 Å².